The first-order chi connectivity index (χ1) is 26.4. The van der Waals surface area contributed by atoms with E-state index in [0.717, 1.165) is 32.1 Å². The molecule has 0 fully saturated rings. The number of nitrogens with two attached hydrogens (primary N) is 1. The maximum atomic E-state index is 12.5. The van der Waals surface area contributed by atoms with Crippen molar-refractivity contribution in [2.24, 2.45) is 5.73 Å². The van der Waals surface area contributed by atoms with Gasteiger partial charge < -0.3 is 20.1 Å². The number of unbranched alkanes of at least 4 members (excludes halogenated alkanes) is 33. The highest BCUT2D eigenvalue weighted by Crippen LogP contribution is 2.43. The largest absolute Gasteiger partial charge is 0.472 e. The molecule has 324 valence electrons. The molecule has 0 aromatic heterocycles. The van der Waals surface area contributed by atoms with Gasteiger partial charge in [0.25, 0.3) is 0 Å². The van der Waals surface area contributed by atoms with E-state index in [9.17, 15) is 14.3 Å². The zero-order valence-electron chi connectivity index (χ0n) is 36.0. The Labute approximate surface area is 335 Å². The Morgan fingerprint density at radius 1 is 0.481 bits per heavy atom. The molecule has 3 N–H and O–H groups in total. The van der Waals surface area contributed by atoms with E-state index >= 15 is 0 Å². The Morgan fingerprint density at radius 3 is 1.17 bits per heavy atom. The molecule has 0 aromatic rings. The maximum absolute atomic E-state index is 12.5. The van der Waals surface area contributed by atoms with Crippen molar-refractivity contribution < 1.29 is 32.8 Å². The van der Waals surface area contributed by atoms with Crippen molar-refractivity contribution in [1.82, 2.24) is 0 Å². The van der Waals surface area contributed by atoms with Crippen LogP contribution in [0.15, 0.2) is 0 Å². The van der Waals surface area contributed by atoms with Gasteiger partial charge in [-0.15, -0.1) is 0 Å². The molecule has 8 nitrogen and oxygen atoms in total. The number of hydrogen-bond acceptors (Lipinski definition) is 7. The monoisotopic (exact) mass is 790 g/mol. The summed E-state index contributed by atoms with van der Waals surface area (Å²) in [6.07, 6.45) is 45.7. The first-order valence-corrected chi connectivity index (χ1v) is 25.0. The molecular weight excluding hydrogens is 697 g/mol. The highest BCUT2D eigenvalue weighted by Gasteiger charge is 2.25. The predicted octanol–water partition coefficient (Wildman–Crippen LogP) is 14.1. The van der Waals surface area contributed by atoms with E-state index in [4.69, 9.17) is 24.3 Å². The number of phosphoric ester groups is 1. The van der Waals surface area contributed by atoms with E-state index in [-0.39, 0.29) is 32.3 Å². The van der Waals surface area contributed by atoms with Crippen molar-refractivity contribution in [3.8, 4) is 0 Å². The van der Waals surface area contributed by atoms with Crippen LogP contribution in [0.25, 0.3) is 0 Å². The van der Waals surface area contributed by atoms with Crippen molar-refractivity contribution in [2.45, 2.75) is 251 Å². The van der Waals surface area contributed by atoms with E-state index < -0.39 is 13.9 Å². The van der Waals surface area contributed by atoms with Gasteiger partial charge in [0.2, 0.25) is 0 Å². The van der Waals surface area contributed by atoms with Gasteiger partial charge in [0.1, 0.15) is 6.10 Å². The second kappa shape index (κ2) is 43.6. The van der Waals surface area contributed by atoms with Gasteiger partial charge in [-0.25, -0.2) is 4.57 Å². The molecule has 0 heterocycles. The third kappa shape index (κ3) is 42.6. The summed E-state index contributed by atoms with van der Waals surface area (Å²) < 4.78 is 33.4. The Kier molecular flexibility index (Phi) is 43.2. The Hall–Kier alpha value is -0.500. The molecular formula is C45H92NO7P. The smallest absolute Gasteiger partial charge is 0.457 e. The van der Waals surface area contributed by atoms with E-state index in [1.165, 1.54) is 193 Å². The number of rotatable bonds is 46. The quantitative estimate of drug-likeness (QED) is 0.0356. The first kappa shape index (κ1) is 53.5. The van der Waals surface area contributed by atoms with Crippen molar-refractivity contribution >= 4 is 13.8 Å². The van der Waals surface area contributed by atoms with Crippen molar-refractivity contribution in [3.63, 3.8) is 0 Å². The molecule has 0 amide bonds. The summed E-state index contributed by atoms with van der Waals surface area (Å²) in [4.78, 5) is 22.4. The van der Waals surface area contributed by atoms with Crippen LogP contribution in [0.4, 0.5) is 0 Å². The maximum Gasteiger partial charge on any atom is 0.472 e. The lowest BCUT2D eigenvalue weighted by Crippen LogP contribution is -2.28. The minimum absolute atomic E-state index is 0.0901. The van der Waals surface area contributed by atoms with E-state index in [2.05, 4.69) is 13.8 Å². The summed E-state index contributed by atoms with van der Waals surface area (Å²) in [5, 5.41) is 0. The van der Waals surface area contributed by atoms with Gasteiger partial charge in [-0.3, -0.25) is 13.8 Å². The number of phosphoric acid groups is 1. The standard InChI is InChI=1S/C45H92NO7P/c1-3-5-7-9-11-13-15-16-17-18-19-20-21-22-23-24-25-26-27-29-31-33-35-37-40-50-42-44(43-52-54(48,49)51-41-39-46)53-45(47)38-36-34-32-30-28-14-12-10-8-6-4-2/h44H,3-43,46H2,1-2H3,(H,48,49). The second-order valence-electron chi connectivity index (χ2n) is 16.0. The minimum Gasteiger partial charge on any atom is -0.457 e. The predicted molar refractivity (Wildman–Crippen MR) is 229 cm³/mol. The normalized spacial score (nSPS) is 13.3. The molecule has 0 saturated carbocycles. The van der Waals surface area contributed by atoms with Crippen LogP contribution < -0.4 is 5.73 Å². The molecule has 9 heteroatoms. The first-order valence-electron chi connectivity index (χ1n) is 23.5. The number of carbonyl (C=O) groups excluding carboxylic acids is 1. The Bertz CT molecular complexity index is 802. The van der Waals surface area contributed by atoms with Gasteiger partial charge in [-0.1, -0.05) is 226 Å². The summed E-state index contributed by atoms with van der Waals surface area (Å²) >= 11 is 0. The van der Waals surface area contributed by atoms with E-state index in [1.807, 2.05) is 0 Å². The van der Waals surface area contributed by atoms with E-state index in [1.54, 1.807) is 0 Å². The molecule has 0 spiro atoms. The average molecular weight is 790 g/mol. The van der Waals surface area contributed by atoms with Crippen LogP contribution in [0.1, 0.15) is 245 Å². The summed E-state index contributed by atoms with van der Waals surface area (Å²) in [7, 11) is -4.27. The lowest BCUT2D eigenvalue weighted by atomic mass is 10.0. The van der Waals surface area contributed by atoms with Crippen LogP contribution in [0.3, 0.4) is 0 Å². The molecule has 0 bridgehead atoms. The molecule has 0 aliphatic carbocycles. The van der Waals surface area contributed by atoms with Crippen LogP contribution in [0, 0.1) is 0 Å². The van der Waals surface area contributed by atoms with Gasteiger partial charge in [0.05, 0.1) is 19.8 Å². The lowest BCUT2D eigenvalue weighted by molar-refractivity contribution is -0.154. The number of carbonyl (C=O) groups is 1. The molecule has 0 aliphatic rings. The van der Waals surface area contributed by atoms with Gasteiger partial charge in [0, 0.05) is 19.6 Å². The number of esters is 1. The molecule has 0 rings (SSSR count). The molecule has 2 unspecified atom stereocenters. The zero-order valence-corrected chi connectivity index (χ0v) is 36.9. The van der Waals surface area contributed by atoms with Gasteiger partial charge in [-0.05, 0) is 12.8 Å². The summed E-state index contributed by atoms with van der Waals surface area (Å²) in [6, 6.07) is 0. The van der Waals surface area contributed by atoms with Crippen LogP contribution in [-0.2, 0) is 27.9 Å². The van der Waals surface area contributed by atoms with Crippen molar-refractivity contribution in [1.29, 1.82) is 0 Å². The van der Waals surface area contributed by atoms with Crippen LogP contribution in [0.2, 0.25) is 0 Å². The van der Waals surface area contributed by atoms with Gasteiger partial charge in [0.15, 0.2) is 0 Å². The molecule has 0 saturated heterocycles. The Morgan fingerprint density at radius 2 is 0.815 bits per heavy atom. The SMILES string of the molecule is CCCCCCCCCCCCCCCCCCCCCCCCCCOCC(COP(=O)(O)OCCN)OC(=O)CCCCCCCCCCCCC. The number of ether oxygens (including phenoxy) is 2. The lowest BCUT2D eigenvalue weighted by Gasteiger charge is -2.20. The fourth-order valence-electron chi connectivity index (χ4n) is 7.06. The summed E-state index contributed by atoms with van der Waals surface area (Å²) in [5.74, 6) is -0.325. The molecule has 54 heavy (non-hydrogen) atoms. The fourth-order valence-corrected chi connectivity index (χ4v) is 7.82. The van der Waals surface area contributed by atoms with Crippen LogP contribution >= 0.6 is 7.82 Å². The summed E-state index contributed by atoms with van der Waals surface area (Å²) in [5.41, 5.74) is 5.37. The number of hydrogen-bond donors (Lipinski definition) is 2. The van der Waals surface area contributed by atoms with Crippen molar-refractivity contribution in [3.05, 3.63) is 0 Å². The van der Waals surface area contributed by atoms with Crippen LogP contribution in [-0.4, -0.2) is 49.9 Å². The third-order valence-electron chi connectivity index (χ3n) is 10.5. The highest BCUT2D eigenvalue weighted by molar-refractivity contribution is 7.47. The topological polar surface area (TPSA) is 117 Å². The Balaban J connectivity index is 3.82. The molecule has 0 aromatic carbocycles. The van der Waals surface area contributed by atoms with E-state index in [0.29, 0.717) is 13.0 Å². The molecule has 0 radical (unpaired) electrons. The van der Waals surface area contributed by atoms with Crippen LogP contribution in [0.5, 0.6) is 0 Å². The van der Waals surface area contributed by atoms with Gasteiger partial charge in [-0.2, -0.15) is 0 Å². The second-order valence-corrected chi connectivity index (χ2v) is 17.4. The molecule has 2 atom stereocenters. The van der Waals surface area contributed by atoms with Gasteiger partial charge >= 0.3 is 13.8 Å². The molecule has 0 aliphatic heterocycles. The fraction of sp³-hybridized carbons (Fsp3) is 0.978. The minimum atomic E-state index is -4.27. The third-order valence-corrected chi connectivity index (χ3v) is 11.5. The average Bonchev–Trinajstić information content (AvgIpc) is 3.16. The van der Waals surface area contributed by atoms with Crippen molar-refractivity contribution in [2.75, 3.05) is 33.0 Å². The highest BCUT2D eigenvalue weighted by atomic mass is 31.2. The summed E-state index contributed by atoms with van der Waals surface area (Å²) in [6.45, 7) is 4.98. The zero-order chi connectivity index (χ0) is 39.5.